The summed E-state index contributed by atoms with van der Waals surface area (Å²) >= 11 is 3.08. The Kier molecular flexibility index (Phi) is 4.17. The van der Waals surface area contributed by atoms with E-state index in [4.69, 9.17) is 5.73 Å². The molecule has 3 nitrogen and oxygen atoms in total. The fraction of sp³-hybridized carbons (Fsp3) is 0. The number of anilines is 2. The van der Waals surface area contributed by atoms with Crippen molar-refractivity contribution in [3.8, 4) is 0 Å². The Balaban J connectivity index is 2.38. The molecule has 0 saturated heterocycles. The van der Waals surface area contributed by atoms with Gasteiger partial charge in [-0.05, 0) is 34.1 Å². The summed E-state index contributed by atoms with van der Waals surface area (Å²) in [6.45, 7) is 0. The third-order valence-electron chi connectivity index (χ3n) is 2.61. The third kappa shape index (κ3) is 2.99. The second kappa shape index (κ2) is 5.72. The van der Waals surface area contributed by atoms with E-state index in [-0.39, 0.29) is 11.6 Å². The summed E-state index contributed by atoms with van der Waals surface area (Å²) in [5, 5.41) is 1.79. The molecule has 0 unspecified atom stereocenters. The number of rotatable bonds is 2. The molecule has 0 spiro atoms. The zero-order valence-corrected chi connectivity index (χ0v) is 11.8. The Labute approximate surface area is 124 Å². The van der Waals surface area contributed by atoms with E-state index in [1.807, 2.05) is 0 Å². The number of nitrogens with two attached hydrogens (primary N) is 1. The maximum Gasteiger partial charge on any atom is 0.255 e. The van der Waals surface area contributed by atoms with Gasteiger partial charge in [0.15, 0.2) is 23.3 Å². The molecule has 2 aromatic rings. The van der Waals surface area contributed by atoms with Crippen molar-refractivity contribution in [1.29, 1.82) is 0 Å². The number of benzene rings is 2. The maximum absolute atomic E-state index is 13.4. The smallest absolute Gasteiger partial charge is 0.255 e. The predicted molar refractivity (Wildman–Crippen MR) is 72.8 cm³/mol. The fourth-order valence-electron chi connectivity index (χ4n) is 1.54. The molecule has 0 bridgehead atoms. The largest absolute Gasteiger partial charge is 0.398 e. The Hall–Kier alpha value is -2.09. The van der Waals surface area contributed by atoms with Gasteiger partial charge in [0.2, 0.25) is 0 Å². The number of carbonyl (C=O) groups is 1. The van der Waals surface area contributed by atoms with Crippen LogP contribution >= 0.6 is 15.9 Å². The van der Waals surface area contributed by atoms with E-state index in [0.29, 0.717) is 10.2 Å². The minimum Gasteiger partial charge on any atom is -0.398 e. The molecular weight excluding hydrogens is 356 g/mol. The standard InChI is InChI=1S/C13H7BrF4N2O/c14-6-3-5(1-2-9(6)19)13(21)20-12-10(17)7(15)4-8(16)11(12)18/h1-4H,19H2,(H,20,21). The molecule has 0 radical (unpaired) electrons. The van der Waals surface area contributed by atoms with E-state index >= 15 is 0 Å². The van der Waals surface area contributed by atoms with Crippen LogP contribution in [0.5, 0.6) is 0 Å². The first-order valence-corrected chi connectivity index (χ1v) is 6.30. The van der Waals surface area contributed by atoms with Crippen LogP contribution in [0.25, 0.3) is 0 Å². The van der Waals surface area contributed by atoms with E-state index in [9.17, 15) is 22.4 Å². The highest BCUT2D eigenvalue weighted by molar-refractivity contribution is 9.10. The lowest BCUT2D eigenvalue weighted by atomic mass is 10.2. The number of hydrogen-bond donors (Lipinski definition) is 2. The van der Waals surface area contributed by atoms with Gasteiger partial charge in [-0.3, -0.25) is 4.79 Å². The molecule has 110 valence electrons. The molecule has 0 aliphatic rings. The van der Waals surface area contributed by atoms with Crippen LogP contribution in [0.3, 0.4) is 0 Å². The summed E-state index contributed by atoms with van der Waals surface area (Å²) in [5.74, 6) is -7.53. The van der Waals surface area contributed by atoms with Crippen LogP contribution in [0.4, 0.5) is 28.9 Å². The minimum atomic E-state index is -1.68. The third-order valence-corrected chi connectivity index (χ3v) is 3.30. The number of halogens is 5. The lowest BCUT2D eigenvalue weighted by Gasteiger charge is -2.09. The van der Waals surface area contributed by atoms with Crippen molar-refractivity contribution in [2.75, 3.05) is 11.1 Å². The van der Waals surface area contributed by atoms with Crippen molar-refractivity contribution >= 4 is 33.2 Å². The predicted octanol–water partition coefficient (Wildman–Crippen LogP) is 3.84. The van der Waals surface area contributed by atoms with E-state index in [0.717, 1.165) is 0 Å². The molecule has 0 aromatic heterocycles. The average molecular weight is 363 g/mol. The molecule has 0 aliphatic carbocycles. The lowest BCUT2D eigenvalue weighted by Crippen LogP contribution is -2.16. The van der Waals surface area contributed by atoms with Crippen molar-refractivity contribution in [3.05, 3.63) is 57.6 Å². The van der Waals surface area contributed by atoms with Crippen molar-refractivity contribution in [2.45, 2.75) is 0 Å². The van der Waals surface area contributed by atoms with Crippen molar-refractivity contribution in [2.24, 2.45) is 0 Å². The van der Waals surface area contributed by atoms with Crippen LogP contribution in [0.2, 0.25) is 0 Å². The molecule has 21 heavy (non-hydrogen) atoms. The van der Waals surface area contributed by atoms with Crippen LogP contribution in [-0.4, -0.2) is 5.91 Å². The van der Waals surface area contributed by atoms with Gasteiger partial charge in [-0.15, -0.1) is 0 Å². The van der Waals surface area contributed by atoms with Gasteiger partial charge in [0, 0.05) is 21.8 Å². The van der Waals surface area contributed by atoms with Crippen LogP contribution in [0.1, 0.15) is 10.4 Å². The summed E-state index contributed by atoms with van der Waals surface area (Å²) in [6, 6.07) is 4.04. The SMILES string of the molecule is Nc1ccc(C(=O)Nc2c(F)c(F)cc(F)c2F)cc1Br. The van der Waals surface area contributed by atoms with Crippen LogP contribution in [0.15, 0.2) is 28.7 Å². The van der Waals surface area contributed by atoms with Gasteiger partial charge in [-0.25, -0.2) is 17.6 Å². The van der Waals surface area contributed by atoms with Crippen molar-refractivity contribution < 1.29 is 22.4 Å². The van der Waals surface area contributed by atoms with Gasteiger partial charge >= 0.3 is 0 Å². The van der Waals surface area contributed by atoms with E-state index in [1.54, 1.807) is 5.32 Å². The highest BCUT2D eigenvalue weighted by Gasteiger charge is 2.21. The minimum absolute atomic E-state index is 0.000422. The Morgan fingerprint density at radius 1 is 1.05 bits per heavy atom. The van der Waals surface area contributed by atoms with Crippen LogP contribution in [-0.2, 0) is 0 Å². The topological polar surface area (TPSA) is 55.1 Å². The first kappa shape index (κ1) is 15.3. The summed E-state index contributed by atoms with van der Waals surface area (Å²) in [5.41, 5.74) is 4.69. The molecule has 3 N–H and O–H groups in total. The maximum atomic E-state index is 13.4. The number of amides is 1. The van der Waals surface area contributed by atoms with Gasteiger partial charge in [0.1, 0.15) is 5.69 Å². The number of nitrogen functional groups attached to an aromatic ring is 1. The highest BCUT2D eigenvalue weighted by atomic mass is 79.9. The first-order chi connectivity index (χ1) is 9.81. The summed E-state index contributed by atoms with van der Waals surface area (Å²) < 4.78 is 53.3. The molecule has 0 saturated carbocycles. The molecule has 0 heterocycles. The normalized spacial score (nSPS) is 10.5. The molecule has 8 heteroatoms. The second-order valence-corrected chi connectivity index (χ2v) is 4.89. The fourth-order valence-corrected chi connectivity index (χ4v) is 1.92. The van der Waals surface area contributed by atoms with E-state index in [1.165, 1.54) is 18.2 Å². The summed E-state index contributed by atoms with van der Waals surface area (Å²) in [7, 11) is 0. The van der Waals surface area contributed by atoms with Crippen LogP contribution < -0.4 is 11.1 Å². The Bertz CT molecular complexity index is 710. The average Bonchev–Trinajstić information content (AvgIpc) is 2.44. The molecular formula is C13H7BrF4N2O. The summed E-state index contributed by atoms with van der Waals surface area (Å²) in [6.07, 6.45) is 0. The number of nitrogens with one attached hydrogen (secondary N) is 1. The Morgan fingerprint density at radius 3 is 2.14 bits per heavy atom. The molecule has 2 rings (SSSR count). The van der Waals surface area contributed by atoms with Gasteiger partial charge in [-0.2, -0.15) is 0 Å². The van der Waals surface area contributed by atoms with Gasteiger partial charge < -0.3 is 11.1 Å². The molecule has 0 atom stereocenters. The Morgan fingerprint density at radius 2 is 1.62 bits per heavy atom. The monoisotopic (exact) mass is 362 g/mol. The molecule has 0 fully saturated rings. The first-order valence-electron chi connectivity index (χ1n) is 5.50. The van der Waals surface area contributed by atoms with Crippen LogP contribution in [0, 0.1) is 23.3 Å². The number of hydrogen-bond acceptors (Lipinski definition) is 2. The van der Waals surface area contributed by atoms with E-state index < -0.39 is 34.9 Å². The zero-order chi connectivity index (χ0) is 15.7. The molecule has 1 amide bonds. The van der Waals surface area contributed by atoms with Gasteiger partial charge in [0.25, 0.3) is 5.91 Å². The van der Waals surface area contributed by atoms with Crippen molar-refractivity contribution in [3.63, 3.8) is 0 Å². The quantitative estimate of drug-likeness (QED) is 0.484. The molecule has 2 aromatic carbocycles. The summed E-state index contributed by atoms with van der Waals surface area (Å²) in [4.78, 5) is 11.9. The number of carbonyl (C=O) groups excluding carboxylic acids is 1. The lowest BCUT2D eigenvalue weighted by molar-refractivity contribution is 0.102. The van der Waals surface area contributed by atoms with Gasteiger partial charge in [-0.1, -0.05) is 0 Å². The van der Waals surface area contributed by atoms with Gasteiger partial charge in [0.05, 0.1) is 0 Å². The zero-order valence-electron chi connectivity index (χ0n) is 10.2. The highest BCUT2D eigenvalue weighted by Crippen LogP contribution is 2.26. The van der Waals surface area contributed by atoms with E-state index in [2.05, 4.69) is 15.9 Å². The molecule has 0 aliphatic heterocycles. The second-order valence-electron chi connectivity index (χ2n) is 4.03. The van der Waals surface area contributed by atoms with Crippen molar-refractivity contribution in [1.82, 2.24) is 0 Å².